The Morgan fingerprint density at radius 3 is 2.39 bits per heavy atom. The number of amides is 1. The number of carbonyl (C=O) groups is 2. The number of benzene rings is 4. The highest BCUT2D eigenvalue weighted by molar-refractivity contribution is 9.10. The Balaban J connectivity index is 1.27. The number of nitrogens with zero attached hydrogens (tertiary/aromatic N) is 1. The minimum atomic E-state index is -0.442. The highest BCUT2D eigenvalue weighted by Gasteiger charge is 2.08. The Labute approximate surface area is 199 Å². The van der Waals surface area contributed by atoms with Crippen molar-refractivity contribution in [3.05, 3.63) is 107 Å². The minimum absolute atomic E-state index is 0.156. The van der Waals surface area contributed by atoms with E-state index >= 15 is 0 Å². The molecule has 4 rings (SSSR count). The highest BCUT2D eigenvalue weighted by atomic mass is 79.9. The predicted molar refractivity (Wildman–Crippen MR) is 131 cm³/mol. The van der Waals surface area contributed by atoms with Crippen LogP contribution in [0, 0.1) is 0 Å². The number of ether oxygens (including phenoxy) is 2. The van der Waals surface area contributed by atoms with Crippen LogP contribution in [-0.4, -0.2) is 24.7 Å². The molecule has 0 saturated carbocycles. The van der Waals surface area contributed by atoms with Crippen LogP contribution in [0.15, 0.2) is 101 Å². The molecular weight excluding hydrogens is 484 g/mol. The number of nitrogens with one attached hydrogen (secondary N) is 1. The third kappa shape index (κ3) is 6.05. The maximum atomic E-state index is 12.2. The van der Waals surface area contributed by atoms with Gasteiger partial charge in [0.15, 0.2) is 6.61 Å². The lowest BCUT2D eigenvalue weighted by Crippen LogP contribution is -2.24. The van der Waals surface area contributed by atoms with Crippen molar-refractivity contribution in [1.29, 1.82) is 0 Å². The predicted octanol–water partition coefficient (Wildman–Crippen LogP) is 5.35. The van der Waals surface area contributed by atoms with Crippen LogP contribution in [0.25, 0.3) is 10.8 Å². The van der Waals surface area contributed by atoms with Gasteiger partial charge in [0.1, 0.15) is 11.5 Å². The number of hydrogen-bond donors (Lipinski definition) is 1. The van der Waals surface area contributed by atoms with Crippen LogP contribution in [0.4, 0.5) is 0 Å². The minimum Gasteiger partial charge on any atom is -0.483 e. The second-order valence-electron chi connectivity index (χ2n) is 7.02. The molecule has 0 aliphatic heterocycles. The van der Waals surface area contributed by atoms with Crippen LogP contribution in [-0.2, 0) is 4.79 Å². The molecule has 0 spiro atoms. The first-order valence-corrected chi connectivity index (χ1v) is 10.9. The first kappa shape index (κ1) is 22.2. The van der Waals surface area contributed by atoms with Crippen LogP contribution in [0.2, 0.25) is 0 Å². The van der Waals surface area contributed by atoms with Gasteiger partial charge < -0.3 is 9.47 Å². The Morgan fingerprint density at radius 1 is 0.879 bits per heavy atom. The van der Waals surface area contributed by atoms with Crippen molar-refractivity contribution in [1.82, 2.24) is 5.43 Å². The van der Waals surface area contributed by atoms with Gasteiger partial charge in [0.05, 0.1) is 11.8 Å². The number of hydrogen-bond acceptors (Lipinski definition) is 5. The average molecular weight is 503 g/mol. The second kappa shape index (κ2) is 10.6. The molecule has 164 valence electrons. The van der Waals surface area contributed by atoms with Crippen molar-refractivity contribution in [3.8, 4) is 11.5 Å². The van der Waals surface area contributed by atoms with Crippen molar-refractivity contribution in [2.45, 2.75) is 0 Å². The quantitative estimate of drug-likeness (QED) is 0.160. The summed E-state index contributed by atoms with van der Waals surface area (Å²) in [6.07, 6.45) is 1.50. The summed E-state index contributed by atoms with van der Waals surface area (Å²) >= 11 is 3.33. The summed E-state index contributed by atoms with van der Waals surface area (Å²) in [5, 5.41) is 5.93. The van der Waals surface area contributed by atoms with E-state index in [-0.39, 0.29) is 12.5 Å². The number of carbonyl (C=O) groups excluding carboxylic acids is 2. The summed E-state index contributed by atoms with van der Waals surface area (Å²) in [7, 11) is 0. The van der Waals surface area contributed by atoms with Crippen LogP contribution < -0.4 is 14.9 Å². The van der Waals surface area contributed by atoms with Gasteiger partial charge in [-0.2, -0.15) is 5.10 Å². The molecule has 7 heteroatoms. The summed E-state index contributed by atoms with van der Waals surface area (Å²) in [6.45, 7) is -0.156. The molecule has 0 saturated heterocycles. The fourth-order valence-electron chi connectivity index (χ4n) is 3.05. The molecule has 0 radical (unpaired) electrons. The van der Waals surface area contributed by atoms with E-state index in [4.69, 9.17) is 9.47 Å². The van der Waals surface area contributed by atoms with E-state index in [0.717, 1.165) is 20.8 Å². The molecule has 0 aliphatic carbocycles. The largest absolute Gasteiger partial charge is 0.483 e. The third-order valence-corrected chi connectivity index (χ3v) is 5.21. The van der Waals surface area contributed by atoms with Crippen LogP contribution in [0.1, 0.15) is 15.9 Å². The summed E-state index contributed by atoms with van der Waals surface area (Å²) in [5.74, 6) is 0.231. The molecule has 1 N–H and O–H groups in total. The van der Waals surface area contributed by atoms with Gasteiger partial charge in [0, 0.05) is 9.86 Å². The normalized spacial score (nSPS) is 10.8. The Bertz CT molecular complexity index is 1300. The summed E-state index contributed by atoms with van der Waals surface area (Å²) in [4.78, 5) is 24.2. The van der Waals surface area contributed by atoms with Crippen LogP contribution in [0.5, 0.6) is 11.5 Å². The van der Waals surface area contributed by atoms with Crippen LogP contribution in [0.3, 0.4) is 0 Å². The number of esters is 1. The van der Waals surface area contributed by atoms with E-state index in [1.165, 1.54) is 6.21 Å². The summed E-state index contributed by atoms with van der Waals surface area (Å²) in [6, 6.07) is 27.2. The van der Waals surface area contributed by atoms with E-state index in [9.17, 15) is 9.59 Å². The summed E-state index contributed by atoms with van der Waals surface area (Å²) < 4.78 is 11.9. The van der Waals surface area contributed by atoms with Crippen molar-refractivity contribution >= 4 is 44.8 Å². The first-order valence-electron chi connectivity index (χ1n) is 10.1. The molecular formula is C26H19BrN2O4. The molecule has 0 unspecified atom stereocenters. The van der Waals surface area contributed by atoms with Gasteiger partial charge in [-0.25, -0.2) is 10.2 Å². The fraction of sp³-hybridized carbons (Fsp3) is 0.0385. The lowest BCUT2D eigenvalue weighted by molar-refractivity contribution is -0.123. The lowest BCUT2D eigenvalue weighted by Gasteiger charge is -2.08. The summed E-state index contributed by atoms with van der Waals surface area (Å²) in [5.41, 5.74) is 3.62. The fourth-order valence-corrected chi connectivity index (χ4v) is 3.31. The molecule has 0 aromatic heterocycles. The van der Waals surface area contributed by atoms with Gasteiger partial charge in [0.2, 0.25) is 0 Å². The zero-order chi connectivity index (χ0) is 23.0. The molecule has 0 aliphatic rings. The highest BCUT2D eigenvalue weighted by Crippen LogP contribution is 2.25. The zero-order valence-corrected chi connectivity index (χ0v) is 19.0. The topological polar surface area (TPSA) is 77.0 Å². The van der Waals surface area contributed by atoms with Gasteiger partial charge in [-0.05, 0) is 65.5 Å². The smallest absolute Gasteiger partial charge is 0.343 e. The van der Waals surface area contributed by atoms with Crippen molar-refractivity contribution in [2.75, 3.05) is 6.61 Å². The number of fused-ring (bicyclic) bond motifs is 1. The molecule has 0 bridgehead atoms. The molecule has 33 heavy (non-hydrogen) atoms. The molecule has 4 aromatic rings. The van der Waals surface area contributed by atoms with E-state index in [1.807, 2.05) is 42.5 Å². The Kier molecular flexibility index (Phi) is 7.12. The van der Waals surface area contributed by atoms with E-state index in [0.29, 0.717) is 17.1 Å². The first-order chi connectivity index (χ1) is 16.1. The molecule has 6 nitrogen and oxygen atoms in total. The van der Waals surface area contributed by atoms with Crippen molar-refractivity contribution in [2.24, 2.45) is 5.10 Å². The number of halogens is 1. The second-order valence-corrected chi connectivity index (χ2v) is 7.94. The van der Waals surface area contributed by atoms with Gasteiger partial charge in [-0.1, -0.05) is 52.3 Å². The third-order valence-electron chi connectivity index (χ3n) is 4.68. The van der Waals surface area contributed by atoms with Gasteiger partial charge >= 0.3 is 5.97 Å². The van der Waals surface area contributed by atoms with Gasteiger partial charge in [-0.15, -0.1) is 0 Å². The molecule has 0 fully saturated rings. The number of hydrazone groups is 1. The Morgan fingerprint density at radius 2 is 1.61 bits per heavy atom. The monoisotopic (exact) mass is 502 g/mol. The number of rotatable bonds is 7. The average Bonchev–Trinajstić information content (AvgIpc) is 2.84. The standard InChI is InChI=1S/C26H19BrN2O4/c27-21-12-10-20(11-13-21)26(31)33-22-14-8-18(9-15-22)16-28-29-25(30)17-32-24-7-3-5-19-4-1-2-6-23(19)24/h1-16H,17H2,(H,29,30)/b28-16-. The molecule has 4 aromatic carbocycles. The van der Waals surface area contributed by atoms with E-state index in [2.05, 4.69) is 26.5 Å². The lowest BCUT2D eigenvalue weighted by atomic mass is 10.1. The van der Waals surface area contributed by atoms with Crippen molar-refractivity contribution in [3.63, 3.8) is 0 Å². The Hall–Kier alpha value is -3.97. The van der Waals surface area contributed by atoms with Crippen molar-refractivity contribution < 1.29 is 19.1 Å². The van der Waals surface area contributed by atoms with Gasteiger partial charge in [-0.3, -0.25) is 4.79 Å². The maximum Gasteiger partial charge on any atom is 0.343 e. The van der Waals surface area contributed by atoms with Crippen LogP contribution >= 0.6 is 15.9 Å². The molecule has 1 amide bonds. The maximum absolute atomic E-state index is 12.2. The molecule has 0 atom stereocenters. The van der Waals surface area contributed by atoms with E-state index in [1.54, 1.807) is 48.5 Å². The van der Waals surface area contributed by atoms with Gasteiger partial charge in [0.25, 0.3) is 5.91 Å². The van der Waals surface area contributed by atoms with E-state index < -0.39 is 5.97 Å². The zero-order valence-electron chi connectivity index (χ0n) is 17.4. The molecule has 0 heterocycles. The SMILES string of the molecule is O=C(COc1cccc2ccccc12)N/N=C\c1ccc(OC(=O)c2ccc(Br)cc2)cc1.